The van der Waals surface area contributed by atoms with Gasteiger partial charge in [0.1, 0.15) is 5.75 Å². The molecule has 1 aromatic heterocycles. The standard InChI is InChI=1S/C16H21BrN2O2/c1-21-13-7-14-11(9-18-16(14)15(17)8-13)4-6-19-5-2-3-12(19)10-20/h7-9,12,18,20H,2-6,10H2,1H3. The maximum absolute atomic E-state index is 9.40. The summed E-state index contributed by atoms with van der Waals surface area (Å²) in [5.74, 6) is 0.865. The minimum Gasteiger partial charge on any atom is -0.497 e. The number of hydrogen-bond acceptors (Lipinski definition) is 3. The zero-order valence-corrected chi connectivity index (χ0v) is 13.8. The highest BCUT2D eigenvalue weighted by Crippen LogP contribution is 2.31. The first-order chi connectivity index (χ1) is 10.2. The van der Waals surface area contributed by atoms with E-state index in [9.17, 15) is 5.11 Å². The highest BCUT2D eigenvalue weighted by atomic mass is 79.9. The van der Waals surface area contributed by atoms with Crippen LogP contribution in [-0.4, -0.2) is 47.8 Å². The third-order valence-electron chi connectivity index (χ3n) is 4.41. The fourth-order valence-corrected chi connectivity index (χ4v) is 3.76. The summed E-state index contributed by atoms with van der Waals surface area (Å²) in [6, 6.07) is 4.40. The van der Waals surface area contributed by atoms with E-state index in [1.54, 1.807) is 7.11 Å². The number of halogens is 1. The molecule has 0 bridgehead atoms. The first-order valence-electron chi connectivity index (χ1n) is 7.41. The third kappa shape index (κ3) is 2.96. The molecule has 1 aliphatic heterocycles. The number of fused-ring (bicyclic) bond motifs is 1. The number of ether oxygens (including phenoxy) is 1. The van der Waals surface area contributed by atoms with E-state index in [4.69, 9.17) is 4.74 Å². The van der Waals surface area contributed by atoms with Crippen molar-refractivity contribution in [2.75, 3.05) is 26.8 Å². The molecule has 1 atom stereocenters. The largest absolute Gasteiger partial charge is 0.497 e. The molecular weight excluding hydrogens is 332 g/mol. The van der Waals surface area contributed by atoms with Crippen LogP contribution in [0, 0.1) is 0 Å². The van der Waals surface area contributed by atoms with Gasteiger partial charge in [-0.25, -0.2) is 0 Å². The van der Waals surface area contributed by atoms with Crippen LogP contribution >= 0.6 is 15.9 Å². The van der Waals surface area contributed by atoms with E-state index in [1.807, 2.05) is 6.07 Å². The highest BCUT2D eigenvalue weighted by molar-refractivity contribution is 9.10. The molecule has 3 rings (SSSR count). The lowest BCUT2D eigenvalue weighted by Gasteiger charge is -2.22. The average molecular weight is 353 g/mol. The van der Waals surface area contributed by atoms with Gasteiger partial charge in [0.15, 0.2) is 0 Å². The molecule has 2 aromatic rings. The van der Waals surface area contributed by atoms with Crippen LogP contribution < -0.4 is 4.74 Å². The number of benzene rings is 1. The van der Waals surface area contributed by atoms with Gasteiger partial charge in [-0.2, -0.15) is 0 Å². The smallest absolute Gasteiger partial charge is 0.120 e. The van der Waals surface area contributed by atoms with Crippen LogP contribution in [0.2, 0.25) is 0 Å². The fraction of sp³-hybridized carbons (Fsp3) is 0.500. The van der Waals surface area contributed by atoms with Gasteiger partial charge in [-0.3, -0.25) is 4.90 Å². The summed E-state index contributed by atoms with van der Waals surface area (Å²) in [4.78, 5) is 5.73. The second-order valence-electron chi connectivity index (χ2n) is 5.61. The molecule has 0 aliphatic carbocycles. The predicted octanol–water partition coefficient (Wildman–Crippen LogP) is 2.94. The van der Waals surface area contributed by atoms with E-state index < -0.39 is 0 Å². The van der Waals surface area contributed by atoms with Crippen LogP contribution in [0.3, 0.4) is 0 Å². The lowest BCUT2D eigenvalue weighted by molar-refractivity contribution is 0.160. The molecule has 2 heterocycles. The SMILES string of the molecule is COc1cc(Br)c2[nH]cc(CCN3CCCC3CO)c2c1. The lowest BCUT2D eigenvalue weighted by atomic mass is 10.1. The van der Waals surface area contributed by atoms with E-state index in [0.717, 1.165) is 41.7 Å². The fourth-order valence-electron chi connectivity index (χ4n) is 3.20. The molecular formula is C16H21BrN2O2. The molecule has 1 fully saturated rings. The van der Waals surface area contributed by atoms with Crippen molar-refractivity contribution in [2.24, 2.45) is 0 Å². The van der Waals surface area contributed by atoms with Crippen molar-refractivity contribution in [3.63, 3.8) is 0 Å². The van der Waals surface area contributed by atoms with Crippen molar-refractivity contribution in [1.82, 2.24) is 9.88 Å². The van der Waals surface area contributed by atoms with Crippen LogP contribution in [0.25, 0.3) is 10.9 Å². The molecule has 0 spiro atoms. The molecule has 0 radical (unpaired) electrons. The molecule has 1 unspecified atom stereocenters. The predicted molar refractivity (Wildman–Crippen MR) is 87.9 cm³/mol. The molecule has 1 aromatic carbocycles. The number of aliphatic hydroxyl groups excluding tert-OH is 1. The monoisotopic (exact) mass is 352 g/mol. The maximum Gasteiger partial charge on any atom is 0.120 e. The Bertz CT molecular complexity index is 626. The van der Waals surface area contributed by atoms with Gasteiger partial charge in [-0.05, 0) is 59.4 Å². The van der Waals surface area contributed by atoms with Gasteiger partial charge < -0.3 is 14.8 Å². The van der Waals surface area contributed by atoms with E-state index in [1.165, 1.54) is 17.4 Å². The Morgan fingerprint density at radius 1 is 1.48 bits per heavy atom. The summed E-state index contributed by atoms with van der Waals surface area (Å²) in [7, 11) is 1.69. The molecule has 4 nitrogen and oxygen atoms in total. The van der Waals surface area contributed by atoms with Crippen molar-refractivity contribution in [3.8, 4) is 5.75 Å². The van der Waals surface area contributed by atoms with Crippen molar-refractivity contribution in [1.29, 1.82) is 0 Å². The van der Waals surface area contributed by atoms with E-state index >= 15 is 0 Å². The summed E-state index contributed by atoms with van der Waals surface area (Å²) in [6.45, 7) is 2.36. The summed E-state index contributed by atoms with van der Waals surface area (Å²) in [5.41, 5.74) is 2.42. The number of aliphatic hydroxyl groups is 1. The molecule has 0 saturated carbocycles. The van der Waals surface area contributed by atoms with Crippen LogP contribution in [0.1, 0.15) is 18.4 Å². The Balaban J connectivity index is 1.79. The Kier molecular flexibility index (Phi) is 4.52. The molecule has 1 aliphatic rings. The zero-order valence-electron chi connectivity index (χ0n) is 12.2. The second kappa shape index (κ2) is 6.38. The van der Waals surface area contributed by atoms with Crippen LogP contribution in [-0.2, 0) is 6.42 Å². The normalized spacial score (nSPS) is 19.5. The Morgan fingerprint density at radius 3 is 3.10 bits per heavy atom. The number of aromatic nitrogens is 1. The third-order valence-corrected chi connectivity index (χ3v) is 5.04. The Hall–Kier alpha value is -1.04. The first kappa shape index (κ1) is 14.9. The summed E-state index contributed by atoms with van der Waals surface area (Å²) in [5, 5.41) is 10.6. The first-order valence-corrected chi connectivity index (χ1v) is 8.20. The van der Waals surface area contributed by atoms with Gasteiger partial charge in [-0.1, -0.05) is 0 Å². The number of hydrogen-bond donors (Lipinski definition) is 2. The summed E-state index contributed by atoms with van der Waals surface area (Å²) >= 11 is 3.59. The van der Waals surface area contributed by atoms with Crippen LogP contribution in [0.15, 0.2) is 22.8 Å². The van der Waals surface area contributed by atoms with Gasteiger partial charge in [0.25, 0.3) is 0 Å². The lowest BCUT2D eigenvalue weighted by Crippen LogP contribution is -2.33. The number of nitrogens with zero attached hydrogens (tertiary/aromatic N) is 1. The quantitative estimate of drug-likeness (QED) is 0.869. The number of methoxy groups -OCH3 is 1. The van der Waals surface area contributed by atoms with Crippen molar-refractivity contribution >= 4 is 26.8 Å². The summed E-state index contributed by atoms with van der Waals surface area (Å²) < 4.78 is 6.38. The minimum absolute atomic E-state index is 0.271. The molecule has 21 heavy (non-hydrogen) atoms. The number of aromatic amines is 1. The highest BCUT2D eigenvalue weighted by Gasteiger charge is 2.23. The van der Waals surface area contributed by atoms with E-state index in [-0.39, 0.29) is 6.61 Å². The number of nitrogens with one attached hydrogen (secondary N) is 1. The molecule has 0 amide bonds. The number of H-pyrrole nitrogens is 1. The number of likely N-dealkylation sites (tertiary alicyclic amines) is 1. The molecule has 5 heteroatoms. The Labute approximate surface area is 133 Å². The maximum atomic E-state index is 9.40. The van der Waals surface area contributed by atoms with E-state index in [2.05, 4.69) is 38.1 Å². The minimum atomic E-state index is 0.271. The van der Waals surface area contributed by atoms with Crippen LogP contribution in [0.5, 0.6) is 5.75 Å². The van der Waals surface area contributed by atoms with E-state index in [0.29, 0.717) is 6.04 Å². The average Bonchev–Trinajstić information content (AvgIpc) is 3.11. The van der Waals surface area contributed by atoms with Gasteiger partial charge in [0.05, 0.1) is 19.2 Å². The van der Waals surface area contributed by atoms with Crippen molar-refractivity contribution in [2.45, 2.75) is 25.3 Å². The molecule has 2 N–H and O–H groups in total. The molecule has 1 saturated heterocycles. The van der Waals surface area contributed by atoms with Gasteiger partial charge >= 0.3 is 0 Å². The van der Waals surface area contributed by atoms with Gasteiger partial charge in [0, 0.05) is 28.6 Å². The van der Waals surface area contributed by atoms with Crippen molar-refractivity contribution < 1.29 is 9.84 Å². The zero-order chi connectivity index (χ0) is 14.8. The van der Waals surface area contributed by atoms with Gasteiger partial charge in [0.2, 0.25) is 0 Å². The van der Waals surface area contributed by atoms with Crippen molar-refractivity contribution in [3.05, 3.63) is 28.4 Å². The Morgan fingerprint density at radius 2 is 2.33 bits per heavy atom. The second-order valence-corrected chi connectivity index (χ2v) is 6.46. The number of rotatable bonds is 5. The molecule has 114 valence electrons. The topological polar surface area (TPSA) is 48.5 Å². The van der Waals surface area contributed by atoms with Crippen LogP contribution in [0.4, 0.5) is 0 Å². The summed E-state index contributed by atoms with van der Waals surface area (Å²) in [6.07, 6.45) is 5.37. The van der Waals surface area contributed by atoms with Gasteiger partial charge in [-0.15, -0.1) is 0 Å².